The summed E-state index contributed by atoms with van der Waals surface area (Å²) in [6.45, 7) is 1.88. The molecule has 0 spiro atoms. The Bertz CT molecular complexity index is 512. The third-order valence-electron chi connectivity index (χ3n) is 3.31. The number of nitrogens with two attached hydrogens (primary N) is 4. The zero-order valence-corrected chi connectivity index (χ0v) is 14.2. The quantitative estimate of drug-likeness (QED) is 0.296. The lowest BCUT2D eigenvalue weighted by Gasteiger charge is -2.26. The van der Waals surface area contributed by atoms with Crippen molar-refractivity contribution in [1.29, 1.82) is 0 Å². The number of nitro groups is 1. The Hall–Kier alpha value is -1.62. The Morgan fingerprint density at radius 1 is 0.920 bits per heavy atom. The molecule has 0 aliphatic carbocycles. The van der Waals surface area contributed by atoms with Crippen LogP contribution in [0.15, 0.2) is 18.2 Å². The average Bonchev–Trinajstić information content (AvgIpc) is 2.57. The normalized spacial score (nSPS) is 10.2. The number of nitro benzene ring substituents is 1. The minimum absolute atomic E-state index is 0. The summed E-state index contributed by atoms with van der Waals surface area (Å²) >= 11 is 10.3. The van der Waals surface area contributed by atoms with Gasteiger partial charge in [0.1, 0.15) is 0 Å². The van der Waals surface area contributed by atoms with E-state index >= 15 is 0 Å². The van der Waals surface area contributed by atoms with Crippen LogP contribution < -0.4 is 22.9 Å². The highest BCUT2D eigenvalue weighted by Crippen LogP contribution is 2.19. The van der Waals surface area contributed by atoms with Gasteiger partial charge in [0.2, 0.25) is 0 Å². The van der Waals surface area contributed by atoms with Gasteiger partial charge in [0.15, 0.2) is 0 Å². The highest BCUT2D eigenvalue weighted by molar-refractivity contribution is 6.69. The van der Waals surface area contributed by atoms with Crippen LogP contribution in [0, 0.1) is 15.5 Å². The van der Waals surface area contributed by atoms with Gasteiger partial charge in [-0.05, 0) is 29.3 Å². The number of hydrogen-bond acceptors (Lipinski definition) is 8. The summed E-state index contributed by atoms with van der Waals surface area (Å²) in [4.78, 5) is 31.3. The van der Waals surface area contributed by atoms with E-state index in [0.29, 0.717) is 26.2 Å². The number of carbonyl (C=O) groups excluding carboxylic acids is 2. The number of rotatable bonds is 7. The lowest BCUT2D eigenvalue weighted by atomic mass is 9.89. The molecule has 9 nitrogen and oxygen atoms in total. The molecule has 0 unspecified atom stereocenters. The summed E-state index contributed by atoms with van der Waals surface area (Å²) in [5.74, 6) is 0. The highest BCUT2D eigenvalue weighted by Gasteiger charge is 2.22. The second-order valence-electron chi connectivity index (χ2n) is 4.89. The van der Waals surface area contributed by atoms with Crippen LogP contribution in [0.2, 0.25) is 0 Å². The van der Waals surface area contributed by atoms with E-state index in [-0.39, 0.29) is 24.0 Å². The zero-order chi connectivity index (χ0) is 18.9. The predicted octanol–water partition coefficient (Wildman–Crippen LogP) is 0.797. The van der Waals surface area contributed by atoms with Crippen molar-refractivity contribution in [2.75, 3.05) is 26.2 Å². The standard InChI is InChI=1S/C8H3Cl2NO4.C5H16N4.CH4/c9-7(12)4-1-5(8(10)13)3-6(2-4)11(14)15;6-1-5(2-7,3-8)4-9;/h1-3H;1-4,6-9H2;1H4. The SMILES string of the molecule is C.NCC(CN)(CN)CN.O=C(Cl)c1cc(C(=O)Cl)cc([N+](=O)[O-])c1. The minimum atomic E-state index is -0.891. The maximum absolute atomic E-state index is 10.8. The second-order valence-corrected chi connectivity index (χ2v) is 5.58. The third kappa shape index (κ3) is 7.86. The van der Waals surface area contributed by atoms with Gasteiger partial charge < -0.3 is 22.9 Å². The molecular weight excluding hydrogens is 373 g/mol. The van der Waals surface area contributed by atoms with Crippen molar-refractivity contribution in [2.24, 2.45) is 28.3 Å². The van der Waals surface area contributed by atoms with Gasteiger partial charge in [-0.1, -0.05) is 7.43 Å². The van der Waals surface area contributed by atoms with E-state index in [9.17, 15) is 19.7 Å². The molecule has 0 saturated heterocycles. The monoisotopic (exact) mass is 395 g/mol. The highest BCUT2D eigenvalue weighted by atomic mass is 35.5. The molecule has 1 aromatic carbocycles. The van der Waals surface area contributed by atoms with E-state index in [1.165, 1.54) is 0 Å². The molecule has 0 amide bonds. The molecule has 0 saturated carbocycles. The molecule has 25 heavy (non-hydrogen) atoms. The van der Waals surface area contributed by atoms with E-state index in [0.717, 1.165) is 18.2 Å². The van der Waals surface area contributed by atoms with Gasteiger partial charge in [0.25, 0.3) is 16.2 Å². The van der Waals surface area contributed by atoms with E-state index in [1.54, 1.807) is 0 Å². The van der Waals surface area contributed by atoms with E-state index in [1.807, 2.05) is 0 Å². The lowest BCUT2D eigenvalue weighted by molar-refractivity contribution is -0.384. The number of hydrogen-bond donors (Lipinski definition) is 4. The van der Waals surface area contributed by atoms with Crippen molar-refractivity contribution in [2.45, 2.75) is 7.43 Å². The van der Waals surface area contributed by atoms with Gasteiger partial charge in [-0.25, -0.2) is 0 Å². The molecule has 0 aliphatic rings. The fourth-order valence-corrected chi connectivity index (χ4v) is 1.66. The summed E-state index contributed by atoms with van der Waals surface area (Å²) in [6, 6.07) is 3.04. The van der Waals surface area contributed by atoms with Crippen LogP contribution in [0.4, 0.5) is 5.69 Å². The molecule has 11 heteroatoms. The molecule has 0 heterocycles. The molecular formula is C14H23Cl2N5O4. The van der Waals surface area contributed by atoms with Crippen LogP contribution in [0.3, 0.4) is 0 Å². The van der Waals surface area contributed by atoms with Crippen molar-refractivity contribution in [3.8, 4) is 0 Å². The molecule has 0 radical (unpaired) electrons. The Balaban J connectivity index is 0. The molecule has 1 rings (SSSR count). The average molecular weight is 396 g/mol. The van der Waals surface area contributed by atoms with Crippen LogP contribution in [0.25, 0.3) is 0 Å². The summed E-state index contributed by atoms with van der Waals surface area (Å²) in [5.41, 5.74) is 20.7. The topological polar surface area (TPSA) is 181 Å². The Kier molecular flexibility index (Phi) is 12.1. The fourth-order valence-electron chi connectivity index (χ4n) is 1.44. The molecule has 8 N–H and O–H groups in total. The van der Waals surface area contributed by atoms with E-state index in [4.69, 9.17) is 46.1 Å². The molecule has 0 aromatic heterocycles. The first kappa shape index (κ1) is 25.6. The van der Waals surface area contributed by atoms with E-state index < -0.39 is 21.1 Å². The van der Waals surface area contributed by atoms with Gasteiger partial charge in [-0.3, -0.25) is 19.7 Å². The summed E-state index contributed by atoms with van der Waals surface area (Å²) in [5, 5.41) is 8.67. The lowest BCUT2D eigenvalue weighted by Crippen LogP contribution is -2.49. The number of halogens is 2. The number of carbonyl (C=O) groups is 2. The molecule has 0 bridgehead atoms. The van der Waals surface area contributed by atoms with Crippen molar-refractivity contribution in [3.05, 3.63) is 39.4 Å². The van der Waals surface area contributed by atoms with Gasteiger partial charge in [-0.15, -0.1) is 0 Å². The molecule has 0 aliphatic heterocycles. The number of nitrogens with zero attached hydrogens (tertiary/aromatic N) is 1. The fraction of sp³-hybridized carbons (Fsp3) is 0.429. The molecule has 0 fully saturated rings. The van der Waals surface area contributed by atoms with Crippen LogP contribution in [-0.2, 0) is 0 Å². The van der Waals surface area contributed by atoms with Crippen molar-refractivity contribution >= 4 is 39.4 Å². The van der Waals surface area contributed by atoms with Crippen LogP contribution in [-0.4, -0.2) is 41.6 Å². The van der Waals surface area contributed by atoms with Gasteiger partial charge in [0.05, 0.1) is 4.92 Å². The third-order valence-corrected chi connectivity index (χ3v) is 3.75. The molecule has 0 atom stereocenters. The van der Waals surface area contributed by atoms with Crippen molar-refractivity contribution < 1.29 is 14.5 Å². The first-order valence-corrected chi connectivity index (χ1v) is 7.41. The van der Waals surface area contributed by atoms with E-state index in [2.05, 4.69) is 0 Å². The van der Waals surface area contributed by atoms with Gasteiger partial charge >= 0.3 is 0 Å². The Morgan fingerprint density at radius 2 is 1.24 bits per heavy atom. The largest absolute Gasteiger partial charge is 0.330 e. The molecule has 142 valence electrons. The number of non-ortho nitro benzene ring substituents is 1. The number of benzene rings is 1. The van der Waals surface area contributed by atoms with Crippen molar-refractivity contribution in [1.82, 2.24) is 0 Å². The Labute approximate surface area is 155 Å². The maximum Gasteiger partial charge on any atom is 0.270 e. The minimum Gasteiger partial charge on any atom is -0.330 e. The van der Waals surface area contributed by atoms with Crippen LogP contribution in [0.1, 0.15) is 28.1 Å². The summed E-state index contributed by atoms with van der Waals surface area (Å²) in [6.07, 6.45) is 0. The predicted molar refractivity (Wildman–Crippen MR) is 98.8 cm³/mol. The van der Waals surface area contributed by atoms with Crippen molar-refractivity contribution in [3.63, 3.8) is 0 Å². The summed E-state index contributed by atoms with van der Waals surface area (Å²) in [7, 11) is 0. The smallest absolute Gasteiger partial charge is 0.270 e. The van der Waals surface area contributed by atoms with Crippen LogP contribution >= 0.6 is 23.2 Å². The first-order valence-electron chi connectivity index (χ1n) is 6.65. The second kappa shape index (κ2) is 11.9. The van der Waals surface area contributed by atoms with Gasteiger partial charge in [0, 0.05) is 54.9 Å². The zero-order valence-electron chi connectivity index (χ0n) is 12.7. The Morgan fingerprint density at radius 3 is 1.40 bits per heavy atom. The summed E-state index contributed by atoms with van der Waals surface area (Å²) < 4.78 is 0. The molecule has 1 aromatic rings. The maximum atomic E-state index is 10.8. The van der Waals surface area contributed by atoms with Gasteiger partial charge in [-0.2, -0.15) is 0 Å². The first-order chi connectivity index (χ1) is 11.2. The van der Waals surface area contributed by atoms with Crippen LogP contribution in [0.5, 0.6) is 0 Å².